The van der Waals surface area contributed by atoms with Crippen LogP contribution in [0.15, 0.2) is 114 Å². The highest BCUT2D eigenvalue weighted by Gasteiger charge is 2.47. The number of alkyl halides is 1. The highest BCUT2D eigenvalue weighted by Crippen LogP contribution is 2.40. The van der Waals surface area contributed by atoms with Crippen molar-refractivity contribution >= 4 is 17.6 Å². The van der Waals surface area contributed by atoms with Crippen LogP contribution >= 0.6 is 11.6 Å². The number of ether oxygens (including phenoxy) is 3. The summed E-state index contributed by atoms with van der Waals surface area (Å²) in [5, 5.41) is 8.16. The Morgan fingerprint density at radius 1 is 0.794 bits per heavy atom. The lowest BCUT2D eigenvalue weighted by atomic mass is 9.99. The number of aliphatic carboxylic acids is 1. The summed E-state index contributed by atoms with van der Waals surface area (Å²) >= 11 is 7.08. The molecule has 0 spiro atoms. The highest BCUT2D eigenvalue weighted by molar-refractivity contribution is 6.25. The first-order valence-corrected chi connectivity index (χ1v) is 11.3. The van der Waals surface area contributed by atoms with Gasteiger partial charge in [-0.15, -0.1) is 0 Å². The van der Waals surface area contributed by atoms with Gasteiger partial charge in [0.05, 0.1) is 18.8 Å². The van der Waals surface area contributed by atoms with Gasteiger partial charge in [-0.2, -0.15) is 0 Å². The number of hydrogen-bond acceptors (Lipinski definition) is 4. The first-order chi connectivity index (χ1) is 16.5. The molecule has 3 aromatic carbocycles. The van der Waals surface area contributed by atoms with Crippen LogP contribution in [0.3, 0.4) is 0 Å². The summed E-state index contributed by atoms with van der Waals surface area (Å²) in [7, 11) is 0. The molecule has 4 rings (SSSR count). The summed E-state index contributed by atoms with van der Waals surface area (Å²) in [4.78, 5) is 11.9. The topological polar surface area (TPSA) is 65.0 Å². The van der Waals surface area contributed by atoms with Gasteiger partial charge in [-0.05, 0) is 28.8 Å². The fourth-order valence-electron chi connectivity index (χ4n) is 3.54. The molecular formula is C28H25ClO5. The molecule has 0 radical (unpaired) electrons. The van der Waals surface area contributed by atoms with E-state index in [0.29, 0.717) is 0 Å². The third-order valence-corrected chi connectivity index (χ3v) is 5.88. The van der Waals surface area contributed by atoms with Crippen molar-refractivity contribution in [2.45, 2.75) is 31.0 Å². The second kappa shape index (κ2) is 11.2. The Morgan fingerprint density at radius 3 is 1.82 bits per heavy atom. The van der Waals surface area contributed by atoms with E-state index in [1.54, 1.807) is 0 Å². The van der Waals surface area contributed by atoms with Crippen molar-refractivity contribution in [2.75, 3.05) is 0 Å². The van der Waals surface area contributed by atoms with Crippen LogP contribution in [0.2, 0.25) is 0 Å². The van der Waals surface area contributed by atoms with E-state index in [1.807, 2.05) is 91.0 Å². The van der Waals surface area contributed by atoms with E-state index >= 15 is 0 Å². The normalized spacial score (nSPS) is 19.7. The fraction of sp³-hybridized carbons (Fsp3) is 0.179. The molecule has 174 valence electrons. The van der Waals surface area contributed by atoms with Crippen molar-refractivity contribution in [2.24, 2.45) is 0 Å². The van der Waals surface area contributed by atoms with Crippen molar-refractivity contribution in [3.63, 3.8) is 0 Å². The van der Waals surface area contributed by atoms with Gasteiger partial charge in [0, 0.05) is 0 Å². The SMILES string of the molecule is O=C(O)C1=CC(OCc2ccccc2)C(Cl)(OCc2ccccc2)C(OCc2ccccc2)=C1. The monoisotopic (exact) mass is 476 g/mol. The minimum atomic E-state index is -1.56. The number of hydrogen-bond donors (Lipinski definition) is 1. The van der Waals surface area contributed by atoms with Gasteiger partial charge in [-0.3, -0.25) is 0 Å². The molecule has 0 saturated carbocycles. The van der Waals surface area contributed by atoms with Gasteiger partial charge in [0.15, 0.2) is 0 Å². The predicted octanol–water partition coefficient (Wildman–Crippen LogP) is 5.85. The van der Waals surface area contributed by atoms with E-state index in [0.717, 1.165) is 16.7 Å². The molecule has 1 aliphatic carbocycles. The summed E-state index contributed by atoms with van der Waals surface area (Å²) < 4.78 is 18.4. The lowest BCUT2D eigenvalue weighted by Gasteiger charge is -2.37. The molecule has 0 heterocycles. The van der Waals surface area contributed by atoms with Gasteiger partial charge >= 0.3 is 5.97 Å². The smallest absolute Gasteiger partial charge is 0.335 e. The summed E-state index contributed by atoms with van der Waals surface area (Å²) in [6, 6.07) is 28.7. The summed E-state index contributed by atoms with van der Waals surface area (Å²) in [5.74, 6) is -0.914. The van der Waals surface area contributed by atoms with E-state index < -0.39 is 17.1 Å². The fourth-order valence-corrected chi connectivity index (χ4v) is 3.83. The van der Waals surface area contributed by atoms with Crippen LogP contribution < -0.4 is 0 Å². The van der Waals surface area contributed by atoms with Crippen molar-refractivity contribution < 1.29 is 24.1 Å². The Hall–Kier alpha value is -3.38. The van der Waals surface area contributed by atoms with Crippen LogP contribution in [0.1, 0.15) is 16.7 Å². The molecule has 2 unspecified atom stereocenters. The van der Waals surface area contributed by atoms with Gasteiger partial charge in [-0.25, -0.2) is 4.79 Å². The molecule has 2 atom stereocenters. The van der Waals surface area contributed by atoms with Gasteiger partial charge in [-0.1, -0.05) is 103 Å². The molecule has 5 nitrogen and oxygen atoms in total. The summed E-state index contributed by atoms with van der Waals surface area (Å²) in [6.07, 6.45) is 1.98. The van der Waals surface area contributed by atoms with Crippen LogP contribution in [0, 0.1) is 0 Å². The number of carboxylic acids is 1. The van der Waals surface area contributed by atoms with E-state index in [-0.39, 0.29) is 31.2 Å². The maximum atomic E-state index is 11.9. The second-order valence-electron chi connectivity index (χ2n) is 7.85. The Balaban J connectivity index is 1.62. The maximum absolute atomic E-state index is 11.9. The average Bonchev–Trinajstić information content (AvgIpc) is 2.88. The van der Waals surface area contributed by atoms with Gasteiger partial charge in [0.2, 0.25) is 5.06 Å². The van der Waals surface area contributed by atoms with Crippen LogP contribution in [-0.2, 0) is 38.8 Å². The largest absolute Gasteiger partial charge is 0.489 e. The van der Waals surface area contributed by atoms with E-state index in [9.17, 15) is 9.90 Å². The van der Waals surface area contributed by atoms with E-state index in [4.69, 9.17) is 25.8 Å². The molecule has 3 aromatic rings. The predicted molar refractivity (Wildman–Crippen MR) is 130 cm³/mol. The van der Waals surface area contributed by atoms with Crippen molar-refractivity contribution in [1.82, 2.24) is 0 Å². The van der Waals surface area contributed by atoms with Crippen molar-refractivity contribution in [1.29, 1.82) is 0 Å². The lowest BCUT2D eigenvalue weighted by Crippen LogP contribution is -2.45. The number of carboxylic acid groups (broad SMARTS) is 1. The molecule has 0 aliphatic heterocycles. The van der Waals surface area contributed by atoms with Crippen LogP contribution in [0.4, 0.5) is 0 Å². The third kappa shape index (κ3) is 5.94. The molecule has 1 N–H and O–H groups in total. The number of carbonyl (C=O) groups is 1. The minimum absolute atomic E-state index is 0.0284. The minimum Gasteiger partial charge on any atom is -0.489 e. The van der Waals surface area contributed by atoms with Crippen molar-refractivity contribution in [3.8, 4) is 0 Å². The maximum Gasteiger partial charge on any atom is 0.335 e. The Kier molecular flexibility index (Phi) is 7.80. The quantitative estimate of drug-likeness (QED) is 0.372. The first-order valence-electron chi connectivity index (χ1n) is 10.9. The zero-order chi connectivity index (χ0) is 23.8. The van der Waals surface area contributed by atoms with Crippen LogP contribution in [-0.4, -0.2) is 22.2 Å². The van der Waals surface area contributed by atoms with E-state index in [2.05, 4.69) is 0 Å². The standard InChI is InChI=1S/C28H25ClO5/c29-28(34-20-23-14-8-3-9-15-23)25(32-18-21-10-4-1-5-11-21)16-24(27(30)31)17-26(28)33-19-22-12-6-2-7-13-22/h1-17,25H,18-20H2,(H,30,31). The molecule has 0 fully saturated rings. The Bertz CT molecular complexity index is 1150. The Morgan fingerprint density at radius 2 is 1.29 bits per heavy atom. The van der Waals surface area contributed by atoms with E-state index in [1.165, 1.54) is 12.2 Å². The molecular weight excluding hydrogens is 452 g/mol. The molecule has 0 saturated heterocycles. The van der Waals surface area contributed by atoms with Gasteiger partial charge < -0.3 is 19.3 Å². The average molecular weight is 477 g/mol. The second-order valence-corrected chi connectivity index (χ2v) is 8.41. The van der Waals surface area contributed by atoms with Crippen LogP contribution in [0.5, 0.6) is 0 Å². The van der Waals surface area contributed by atoms with Gasteiger partial charge in [0.1, 0.15) is 18.5 Å². The zero-order valence-electron chi connectivity index (χ0n) is 18.5. The molecule has 0 aromatic heterocycles. The number of halogens is 1. The Labute approximate surface area is 203 Å². The molecule has 1 aliphatic rings. The molecule has 0 amide bonds. The summed E-state index contributed by atoms with van der Waals surface area (Å²) in [5.41, 5.74) is 2.79. The third-order valence-electron chi connectivity index (χ3n) is 5.37. The molecule has 6 heteroatoms. The highest BCUT2D eigenvalue weighted by atomic mass is 35.5. The van der Waals surface area contributed by atoms with Crippen molar-refractivity contribution in [3.05, 3.63) is 131 Å². The zero-order valence-corrected chi connectivity index (χ0v) is 19.2. The lowest BCUT2D eigenvalue weighted by molar-refractivity contribution is -0.133. The van der Waals surface area contributed by atoms with Crippen LogP contribution in [0.25, 0.3) is 0 Å². The van der Waals surface area contributed by atoms with Gasteiger partial charge in [0.25, 0.3) is 0 Å². The number of benzene rings is 3. The molecule has 34 heavy (non-hydrogen) atoms. The first kappa shape index (κ1) is 23.8. The summed E-state index contributed by atoms with van der Waals surface area (Å²) in [6.45, 7) is 0.621. The molecule has 0 bridgehead atoms. The number of rotatable bonds is 10.